The van der Waals surface area contributed by atoms with Crippen molar-refractivity contribution in [3.05, 3.63) is 55.2 Å². The van der Waals surface area contributed by atoms with Gasteiger partial charge in [-0.1, -0.05) is 0 Å². The number of H-pyrrole nitrogens is 2. The Hall–Kier alpha value is -4.11. The maximum absolute atomic E-state index is 12.5. The van der Waals surface area contributed by atoms with Crippen LogP contribution in [0.15, 0.2) is 55.2 Å². The zero-order valence-corrected chi connectivity index (χ0v) is 18.5. The van der Waals surface area contributed by atoms with Crippen molar-refractivity contribution >= 4 is 33.4 Å². The Morgan fingerprint density at radius 3 is 2.82 bits per heavy atom. The summed E-state index contributed by atoms with van der Waals surface area (Å²) in [6, 6.07) is 7.89. The predicted molar refractivity (Wildman–Crippen MR) is 131 cm³/mol. The Balaban J connectivity index is 1.27. The van der Waals surface area contributed by atoms with Crippen molar-refractivity contribution in [2.75, 3.05) is 18.4 Å². The summed E-state index contributed by atoms with van der Waals surface area (Å²) in [5.41, 5.74) is 5.83. The molecule has 170 valence electrons. The maximum atomic E-state index is 12.5. The van der Waals surface area contributed by atoms with Gasteiger partial charge in [-0.15, -0.1) is 0 Å². The van der Waals surface area contributed by atoms with Gasteiger partial charge in [0.15, 0.2) is 0 Å². The van der Waals surface area contributed by atoms with Gasteiger partial charge in [-0.25, -0.2) is 0 Å². The van der Waals surface area contributed by atoms with Crippen LogP contribution in [-0.2, 0) is 4.79 Å². The molecule has 0 saturated carbocycles. The van der Waals surface area contributed by atoms with E-state index >= 15 is 0 Å². The second kappa shape index (κ2) is 8.68. The number of fused-ring (bicyclic) bond motifs is 2. The van der Waals surface area contributed by atoms with Crippen LogP contribution < -0.4 is 10.6 Å². The van der Waals surface area contributed by atoms with Crippen LogP contribution in [-0.4, -0.2) is 49.1 Å². The molecule has 9 nitrogen and oxygen atoms in total. The summed E-state index contributed by atoms with van der Waals surface area (Å²) in [5.74, 6) is 0.459. The Bertz CT molecular complexity index is 1450. The maximum Gasteiger partial charge on any atom is 0.224 e. The molecule has 1 fully saturated rings. The first-order valence-electron chi connectivity index (χ1n) is 11.5. The molecule has 0 aromatic carbocycles. The van der Waals surface area contributed by atoms with Gasteiger partial charge in [0.1, 0.15) is 5.69 Å². The van der Waals surface area contributed by atoms with E-state index in [1.807, 2.05) is 30.5 Å². The normalized spacial score (nSPS) is 14.6. The minimum atomic E-state index is 0.0275. The lowest BCUT2D eigenvalue weighted by Gasteiger charge is -2.21. The van der Waals surface area contributed by atoms with E-state index in [1.165, 1.54) is 0 Å². The molecule has 1 aliphatic heterocycles. The van der Waals surface area contributed by atoms with E-state index in [9.17, 15) is 4.79 Å². The summed E-state index contributed by atoms with van der Waals surface area (Å²) < 4.78 is 0. The molecule has 6 rings (SSSR count). The molecule has 0 atom stereocenters. The average molecular weight is 453 g/mol. The first-order valence-corrected chi connectivity index (χ1v) is 11.5. The minimum Gasteiger partial charge on any atom is -0.353 e. The molecule has 4 N–H and O–H groups in total. The fourth-order valence-corrected chi connectivity index (χ4v) is 4.59. The molecule has 6 heterocycles. The van der Waals surface area contributed by atoms with Gasteiger partial charge in [0, 0.05) is 46.9 Å². The van der Waals surface area contributed by atoms with Crippen molar-refractivity contribution in [3.63, 3.8) is 0 Å². The van der Waals surface area contributed by atoms with Gasteiger partial charge in [0.2, 0.25) is 5.91 Å². The van der Waals surface area contributed by atoms with Crippen LogP contribution >= 0.6 is 0 Å². The number of piperidine rings is 1. The number of rotatable bonds is 5. The van der Waals surface area contributed by atoms with Gasteiger partial charge >= 0.3 is 0 Å². The minimum absolute atomic E-state index is 0.0275. The number of aromatic amines is 2. The lowest BCUT2D eigenvalue weighted by atomic mass is 9.94. The fourth-order valence-electron chi connectivity index (χ4n) is 4.59. The number of hydrogen-bond acceptors (Lipinski definition) is 6. The van der Waals surface area contributed by atoms with Crippen molar-refractivity contribution in [1.82, 2.24) is 35.5 Å². The topological polar surface area (TPSA) is 124 Å². The molecule has 0 bridgehead atoms. The number of pyridine rings is 3. The number of hydrogen-bond donors (Lipinski definition) is 4. The summed E-state index contributed by atoms with van der Waals surface area (Å²) in [7, 11) is 0. The third-order valence-electron chi connectivity index (χ3n) is 6.37. The zero-order valence-electron chi connectivity index (χ0n) is 18.5. The molecule has 1 aliphatic rings. The molecule has 0 spiro atoms. The van der Waals surface area contributed by atoms with E-state index in [2.05, 4.69) is 40.8 Å². The standard InChI is InChI=1S/C25H24N8O/c34-24(7-15-1-4-26-5-2-15)30-18-8-16(12-28-13-18)21-10-19-23(14-29-21)32-33-25(19)22-9-17-11-27-6-3-20(17)31-22/h3,6,8-15,26,31H,1-2,4-5,7H2,(H,30,34)(H,32,33). The van der Waals surface area contributed by atoms with Crippen LogP contribution in [0, 0.1) is 5.92 Å². The Morgan fingerprint density at radius 1 is 1.03 bits per heavy atom. The van der Waals surface area contributed by atoms with Crippen LogP contribution in [0.4, 0.5) is 5.69 Å². The number of aromatic nitrogens is 6. The van der Waals surface area contributed by atoms with Crippen LogP contribution in [0.1, 0.15) is 19.3 Å². The molecule has 0 unspecified atom stereocenters. The van der Waals surface area contributed by atoms with Crippen LogP contribution in [0.2, 0.25) is 0 Å². The smallest absolute Gasteiger partial charge is 0.224 e. The average Bonchev–Trinajstić information content (AvgIpc) is 3.48. The number of nitrogens with zero attached hydrogens (tertiary/aromatic N) is 4. The van der Waals surface area contributed by atoms with Gasteiger partial charge in [0.25, 0.3) is 0 Å². The Morgan fingerprint density at radius 2 is 1.94 bits per heavy atom. The molecule has 0 radical (unpaired) electrons. The summed E-state index contributed by atoms with van der Waals surface area (Å²) in [6.45, 7) is 1.96. The highest BCUT2D eigenvalue weighted by molar-refractivity contribution is 5.97. The third kappa shape index (κ3) is 4.01. The van der Waals surface area contributed by atoms with Gasteiger partial charge in [-0.2, -0.15) is 5.10 Å². The number of amides is 1. The summed E-state index contributed by atoms with van der Waals surface area (Å²) in [5, 5.41) is 15.9. The first kappa shape index (κ1) is 20.5. The van der Waals surface area contributed by atoms with Crippen molar-refractivity contribution in [3.8, 4) is 22.6 Å². The molecule has 5 aromatic rings. The highest BCUT2D eigenvalue weighted by atomic mass is 16.1. The van der Waals surface area contributed by atoms with Crippen LogP contribution in [0.3, 0.4) is 0 Å². The third-order valence-corrected chi connectivity index (χ3v) is 6.37. The Labute approximate surface area is 195 Å². The monoisotopic (exact) mass is 452 g/mol. The molecule has 34 heavy (non-hydrogen) atoms. The van der Waals surface area contributed by atoms with E-state index in [1.54, 1.807) is 24.8 Å². The van der Waals surface area contributed by atoms with Gasteiger partial charge < -0.3 is 15.6 Å². The molecule has 5 aromatic heterocycles. The summed E-state index contributed by atoms with van der Waals surface area (Å²) in [4.78, 5) is 29.1. The highest BCUT2D eigenvalue weighted by Gasteiger charge is 2.17. The quantitative estimate of drug-likeness (QED) is 0.321. The molecular formula is C25H24N8O. The van der Waals surface area contributed by atoms with Crippen LogP contribution in [0.5, 0.6) is 0 Å². The lowest BCUT2D eigenvalue weighted by Crippen LogP contribution is -2.30. The number of anilines is 1. The lowest BCUT2D eigenvalue weighted by molar-refractivity contribution is -0.117. The van der Waals surface area contributed by atoms with Gasteiger partial charge in [-0.05, 0) is 56.1 Å². The second-order valence-corrected chi connectivity index (χ2v) is 8.74. The SMILES string of the molecule is O=C(CC1CCNCC1)Nc1cncc(-c2cc3c(-c4cc5cnccc5[nH]4)n[nH]c3cn2)c1. The van der Waals surface area contributed by atoms with E-state index < -0.39 is 0 Å². The van der Waals surface area contributed by atoms with E-state index in [-0.39, 0.29) is 5.91 Å². The highest BCUT2D eigenvalue weighted by Crippen LogP contribution is 2.31. The molecule has 1 amide bonds. The summed E-state index contributed by atoms with van der Waals surface area (Å²) in [6.07, 6.45) is 11.4. The van der Waals surface area contributed by atoms with Gasteiger partial charge in [0.05, 0.1) is 35.0 Å². The van der Waals surface area contributed by atoms with E-state index in [0.717, 1.165) is 70.4 Å². The van der Waals surface area contributed by atoms with Crippen molar-refractivity contribution in [2.45, 2.75) is 19.3 Å². The first-order chi connectivity index (χ1) is 16.7. The van der Waals surface area contributed by atoms with Crippen molar-refractivity contribution in [1.29, 1.82) is 0 Å². The molecule has 1 saturated heterocycles. The molecule has 0 aliphatic carbocycles. The largest absolute Gasteiger partial charge is 0.353 e. The van der Waals surface area contributed by atoms with Crippen molar-refractivity contribution < 1.29 is 4.79 Å². The number of carbonyl (C=O) groups is 1. The molecular weight excluding hydrogens is 428 g/mol. The number of carbonyl (C=O) groups excluding carboxylic acids is 1. The number of nitrogens with one attached hydrogen (secondary N) is 4. The summed E-state index contributed by atoms with van der Waals surface area (Å²) >= 11 is 0. The van der Waals surface area contributed by atoms with E-state index in [0.29, 0.717) is 18.0 Å². The predicted octanol–water partition coefficient (Wildman–Crippen LogP) is 3.89. The fraction of sp³-hybridized carbons (Fsp3) is 0.240. The van der Waals surface area contributed by atoms with Crippen molar-refractivity contribution in [2.24, 2.45) is 5.92 Å². The Kier molecular flexibility index (Phi) is 5.23. The van der Waals surface area contributed by atoms with Crippen LogP contribution in [0.25, 0.3) is 44.5 Å². The second-order valence-electron chi connectivity index (χ2n) is 8.74. The molecule has 9 heteroatoms. The zero-order chi connectivity index (χ0) is 22.9. The van der Waals surface area contributed by atoms with E-state index in [4.69, 9.17) is 0 Å². The van der Waals surface area contributed by atoms with Gasteiger partial charge in [-0.3, -0.25) is 24.8 Å².